The lowest BCUT2D eigenvalue weighted by Gasteiger charge is -2.02. The molecule has 0 bridgehead atoms. The van der Waals surface area contributed by atoms with E-state index in [4.69, 9.17) is 4.74 Å². The van der Waals surface area contributed by atoms with Gasteiger partial charge in [-0.3, -0.25) is 4.99 Å². The monoisotopic (exact) mass is 440 g/mol. The summed E-state index contributed by atoms with van der Waals surface area (Å²) in [7, 11) is 0. The third-order valence-electron chi connectivity index (χ3n) is 4.87. The molecular weight excluding hydrogens is 412 g/mol. The van der Waals surface area contributed by atoms with Gasteiger partial charge in [-0.15, -0.1) is 5.10 Å². The summed E-state index contributed by atoms with van der Waals surface area (Å²) in [5, 5.41) is 8.44. The zero-order chi connectivity index (χ0) is 23.3. The van der Waals surface area contributed by atoms with Crippen molar-refractivity contribution in [3.63, 3.8) is 0 Å². The average molecular weight is 441 g/mol. The third-order valence-corrected chi connectivity index (χ3v) is 4.87. The van der Waals surface area contributed by atoms with Gasteiger partial charge in [-0.25, -0.2) is 9.79 Å². The van der Waals surface area contributed by atoms with E-state index in [1.165, 1.54) is 12.8 Å². The first-order chi connectivity index (χ1) is 16.2. The smallest absolute Gasteiger partial charge is 0.330 e. The molecule has 1 heterocycles. The fourth-order valence-electron chi connectivity index (χ4n) is 2.96. The second-order valence-corrected chi connectivity index (χ2v) is 7.50. The van der Waals surface area contributed by atoms with Crippen molar-refractivity contribution in [1.82, 2.24) is 10.2 Å². The highest BCUT2D eigenvalue weighted by atomic mass is 16.5. The van der Waals surface area contributed by atoms with Crippen molar-refractivity contribution in [2.75, 3.05) is 0 Å². The van der Waals surface area contributed by atoms with E-state index in [-0.39, 0.29) is 6.61 Å². The highest BCUT2D eigenvalue weighted by Gasteiger charge is 1.99. The van der Waals surface area contributed by atoms with E-state index in [0.29, 0.717) is 5.82 Å². The summed E-state index contributed by atoms with van der Waals surface area (Å²) in [4.78, 5) is 20.0. The summed E-state index contributed by atoms with van der Waals surface area (Å²) in [6, 6.07) is 19.3. The lowest BCUT2D eigenvalue weighted by Crippen LogP contribution is -1.99. The first-order valence-electron chi connectivity index (χ1n) is 11.0. The van der Waals surface area contributed by atoms with Gasteiger partial charge in [-0.2, -0.15) is 5.10 Å². The molecule has 2 aromatic carbocycles. The van der Waals surface area contributed by atoms with E-state index in [9.17, 15) is 4.79 Å². The summed E-state index contributed by atoms with van der Waals surface area (Å²) >= 11 is 0. The second-order valence-electron chi connectivity index (χ2n) is 7.50. The zero-order valence-corrected chi connectivity index (χ0v) is 18.9. The van der Waals surface area contributed by atoms with Crippen LogP contribution in [0.1, 0.15) is 48.6 Å². The first-order valence-corrected chi connectivity index (χ1v) is 11.0. The Kier molecular flexibility index (Phi) is 9.21. The molecule has 0 radical (unpaired) electrons. The first kappa shape index (κ1) is 23.7. The minimum Gasteiger partial charge on any atom is -0.458 e. The van der Waals surface area contributed by atoms with Crippen LogP contribution in [0.2, 0.25) is 0 Å². The largest absolute Gasteiger partial charge is 0.458 e. The Bertz CT molecular complexity index is 1090. The van der Waals surface area contributed by atoms with Crippen molar-refractivity contribution in [1.29, 1.82) is 0 Å². The number of carbonyl (C=O) groups is 1. The minimum absolute atomic E-state index is 0.215. The van der Waals surface area contributed by atoms with E-state index in [2.05, 4.69) is 33.7 Å². The predicted octanol–water partition coefficient (Wildman–Crippen LogP) is 5.94. The Balaban J connectivity index is 1.52. The van der Waals surface area contributed by atoms with Gasteiger partial charge in [0.15, 0.2) is 5.82 Å². The van der Waals surface area contributed by atoms with Gasteiger partial charge in [-0.1, -0.05) is 62.7 Å². The van der Waals surface area contributed by atoms with Gasteiger partial charge in [-0.05, 0) is 53.8 Å². The molecule has 0 aliphatic heterocycles. The van der Waals surface area contributed by atoms with Crippen LogP contribution in [0.3, 0.4) is 0 Å². The molecular formula is C27H28N4O2. The molecule has 0 atom stereocenters. The lowest BCUT2D eigenvalue weighted by atomic mass is 10.1. The van der Waals surface area contributed by atoms with Crippen LogP contribution in [0.5, 0.6) is 0 Å². The molecule has 3 rings (SSSR count). The molecule has 168 valence electrons. The molecule has 0 saturated heterocycles. The van der Waals surface area contributed by atoms with Crippen LogP contribution < -0.4 is 0 Å². The molecule has 0 spiro atoms. The molecule has 0 aliphatic carbocycles. The highest BCUT2D eigenvalue weighted by molar-refractivity contribution is 5.86. The Labute approximate surface area is 194 Å². The molecule has 1 aromatic heterocycles. The van der Waals surface area contributed by atoms with Crippen molar-refractivity contribution in [3.05, 3.63) is 95.7 Å². The van der Waals surface area contributed by atoms with Gasteiger partial charge < -0.3 is 4.74 Å². The summed E-state index contributed by atoms with van der Waals surface area (Å²) < 4.78 is 5.02. The van der Waals surface area contributed by atoms with Crippen molar-refractivity contribution >= 4 is 29.9 Å². The second kappa shape index (κ2) is 12.8. The number of benzene rings is 2. The van der Waals surface area contributed by atoms with Gasteiger partial charge >= 0.3 is 5.97 Å². The molecule has 6 nitrogen and oxygen atoms in total. The number of carbonyl (C=O) groups excluding carboxylic acids is 1. The molecule has 0 fully saturated rings. The Morgan fingerprint density at radius 3 is 2.21 bits per heavy atom. The Morgan fingerprint density at radius 1 is 0.909 bits per heavy atom. The fourth-order valence-corrected chi connectivity index (χ4v) is 2.96. The normalized spacial score (nSPS) is 11.2. The van der Waals surface area contributed by atoms with E-state index >= 15 is 0 Å². The topological polar surface area (TPSA) is 76.8 Å². The van der Waals surface area contributed by atoms with E-state index in [1.54, 1.807) is 12.4 Å². The third kappa shape index (κ3) is 8.26. The number of aryl methyl sites for hydroxylation is 1. The SMILES string of the molecule is C=CC(=O)OCc1ccc(N=Cc2ccc(C=Nc3ccc(CCCCC)nn3)cc2)cc1. The maximum absolute atomic E-state index is 11.1. The van der Waals surface area contributed by atoms with Crippen molar-refractivity contribution in [2.24, 2.45) is 9.98 Å². The highest BCUT2D eigenvalue weighted by Crippen LogP contribution is 2.14. The number of hydrogen-bond donors (Lipinski definition) is 0. The minimum atomic E-state index is -0.436. The number of unbranched alkanes of at least 4 members (excludes halogenated alkanes) is 2. The molecule has 0 aliphatic rings. The van der Waals surface area contributed by atoms with Crippen LogP contribution in [0, 0.1) is 0 Å². The zero-order valence-electron chi connectivity index (χ0n) is 18.9. The standard InChI is InChI=1S/C27H28N4O2/c1-3-5-6-7-25-16-17-26(31-30-25)29-19-22-10-8-21(9-11-22)18-28-24-14-12-23(13-15-24)20-33-27(32)4-2/h4,8-19H,2-3,5-7,20H2,1H3. The number of aliphatic imine (C=N–C) groups is 2. The average Bonchev–Trinajstić information content (AvgIpc) is 2.87. The van der Waals surface area contributed by atoms with Crippen LogP contribution in [0.25, 0.3) is 0 Å². The molecule has 6 heteroatoms. The van der Waals surface area contributed by atoms with Crippen LogP contribution in [-0.2, 0) is 22.6 Å². The number of ether oxygens (including phenoxy) is 1. The quantitative estimate of drug-likeness (QED) is 0.160. The van der Waals surface area contributed by atoms with Crippen LogP contribution in [0.4, 0.5) is 11.5 Å². The lowest BCUT2D eigenvalue weighted by molar-refractivity contribution is -0.138. The van der Waals surface area contributed by atoms with Crippen LogP contribution >= 0.6 is 0 Å². The van der Waals surface area contributed by atoms with Crippen LogP contribution in [-0.4, -0.2) is 28.6 Å². The summed E-state index contributed by atoms with van der Waals surface area (Å²) in [6.07, 6.45) is 9.24. The van der Waals surface area contributed by atoms with Crippen molar-refractivity contribution in [3.8, 4) is 0 Å². The summed E-state index contributed by atoms with van der Waals surface area (Å²) in [5.74, 6) is 0.164. The summed E-state index contributed by atoms with van der Waals surface area (Å²) in [6.45, 7) is 5.78. The molecule has 0 saturated carbocycles. The molecule has 0 N–H and O–H groups in total. The maximum atomic E-state index is 11.1. The van der Waals surface area contributed by atoms with Gasteiger partial charge in [0.1, 0.15) is 6.61 Å². The number of aromatic nitrogens is 2. The van der Waals surface area contributed by atoms with Crippen molar-refractivity contribution < 1.29 is 9.53 Å². The molecule has 0 unspecified atom stereocenters. The molecule has 3 aromatic rings. The van der Waals surface area contributed by atoms with Gasteiger partial charge in [0.2, 0.25) is 0 Å². The van der Waals surface area contributed by atoms with Crippen LogP contribution in [0.15, 0.2) is 83.3 Å². The fraction of sp³-hybridized carbons (Fsp3) is 0.222. The Hall–Kier alpha value is -3.93. The number of rotatable bonds is 11. The number of esters is 1. The van der Waals surface area contributed by atoms with Crippen molar-refractivity contribution in [2.45, 2.75) is 39.2 Å². The van der Waals surface area contributed by atoms with Gasteiger partial charge in [0.25, 0.3) is 0 Å². The molecule has 0 amide bonds. The van der Waals surface area contributed by atoms with E-state index in [1.807, 2.05) is 60.7 Å². The van der Waals surface area contributed by atoms with Gasteiger partial charge in [0.05, 0.1) is 11.4 Å². The molecule has 33 heavy (non-hydrogen) atoms. The Morgan fingerprint density at radius 2 is 1.61 bits per heavy atom. The number of hydrogen-bond acceptors (Lipinski definition) is 6. The summed E-state index contributed by atoms with van der Waals surface area (Å²) in [5.41, 5.74) is 4.67. The van der Waals surface area contributed by atoms with E-state index < -0.39 is 5.97 Å². The number of nitrogens with zero attached hydrogens (tertiary/aromatic N) is 4. The van der Waals surface area contributed by atoms with Gasteiger partial charge in [0, 0.05) is 18.5 Å². The van der Waals surface area contributed by atoms with E-state index in [0.717, 1.165) is 47.0 Å². The maximum Gasteiger partial charge on any atom is 0.330 e. The predicted molar refractivity (Wildman–Crippen MR) is 133 cm³/mol.